The van der Waals surface area contributed by atoms with Gasteiger partial charge in [-0.2, -0.15) is 0 Å². The molecule has 3 aromatic carbocycles. The van der Waals surface area contributed by atoms with Crippen molar-refractivity contribution in [3.05, 3.63) is 102 Å². The van der Waals surface area contributed by atoms with E-state index in [-0.39, 0.29) is 5.82 Å². The van der Waals surface area contributed by atoms with Crippen LogP contribution in [0.4, 0.5) is 4.39 Å². The molecule has 122 valence electrons. The zero-order chi connectivity index (χ0) is 17.1. The Hall–Kier alpha value is -3.00. The molecule has 1 aromatic heterocycles. The molecule has 0 unspecified atom stereocenters. The summed E-state index contributed by atoms with van der Waals surface area (Å²) in [6, 6.07) is 27.5. The third-order valence-electron chi connectivity index (χ3n) is 4.49. The van der Waals surface area contributed by atoms with Crippen LogP contribution in [0.1, 0.15) is 11.1 Å². The van der Waals surface area contributed by atoms with Gasteiger partial charge in [0.1, 0.15) is 5.82 Å². The van der Waals surface area contributed by atoms with E-state index in [1.807, 2.05) is 36.4 Å². The molecule has 4 aromatic rings. The average Bonchev–Trinajstić information content (AvgIpc) is 2.67. The molecule has 0 spiro atoms. The number of fused-ring (bicyclic) bond motifs is 1. The fraction of sp³-hybridized carbons (Fsp3) is 0.0870. The maximum atomic E-state index is 13.1. The number of hydrogen-bond acceptors (Lipinski definition) is 1. The summed E-state index contributed by atoms with van der Waals surface area (Å²) in [6.45, 7) is 0. The molecule has 1 heterocycles. The van der Waals surface area contributed by atoms with Crippen LogP contribution in [-0.4, -0.2) is 4.98 Å². The first kappa shape index (κ1) is 15.5. The van der Waals surface area contributed by atoms with Crippen molar-refractivity contribution in [1.29, 1.82) is 0 Å². The van der Waals surface area contributed by atoms with E-state index in [9.17, 15) is 4.39 Å². The maximum Gasteiger partial charge on any atom is 0.123 e. The predicted octanol–water partition coefficient (Wildman–Crippen LogP) is 5.83. The number of para-hydroxylation sites is 1. The minimum absolute atomic E-state index is 0.190. The number of hydrogen-bond donors (Lipinski definition) is 0. The summed E-state index contributed by atoms with van der Waals surface area (Å²) < 4.78 is 13.1. The fourth-order valence-electron chi connectivity index (χ4n) is 3.13. The first-order chi connectivity index (χ1) is 12.3. The van der Waals surface area contributed by atoms with Crippen LogP contribution in [0.5, 0.6) is 0 Å². The SMILES string of the molecule is Fc1ccc(CCc2ccccc2-c2ccc3ccccc3n2)cc1. The first-order valence-electron chi connectivity index (χ1n) is 8.48. The Bertz CT molecular complexity index is 1010. The molecule has 0 fully saturated rings. The van der Waals surface area contributed by atoms with Crippen LogP contribution in [0.15, 0.2) is 84.9 Å². The Morgan fingerprint density at radius 1 is 0.680 bits per heavy atom. The molecule has 0 bridgehead atoms. The molecular formula is C23H18FN. The van der Waals surface area contributed by atoms with E-state index in [1.54, 1.807) is 0 Å². The maximum absolute atomic E-state index is 13.1. The summed E-state index contributed by atoms with van der Waals surface area (Å²) in [6.07, 6.45) is 1.78. The van der Waals surface area contributed by atoms with E-state index in [0.717, 1.165) is 40.6 Å². The van der Waals surface area contributed by atoms with Crippen molar-refractivity contribution in [3.63, 3.8) is 0 Å². The quantitative estimate of drug-likeness (QED) is 0.460. The van der Waals surface area contributed by atoms with Crippen molar-refractivity contribution < 1.29 is 4.39 Å². The second-order valence-corrected chi connectivity index (χ2v) is 6.17. The lowest BCUT2D eigenvalue weighted by atomic mass is 9.97. The topological polar surface area (TPSA) is 12.9 Å². The molecule has 0 N–H and O–H groups in total. The first-order valence-corrected chi connectivity index (χ1v) is 8.48. The number of halogens is 1. The van der Waals surface area contributed by atoms with Gasteiger partial charge in [0.15, 0.2) is 0 Å². The second kappa shape index (κ2) is 6.86. The summed E-state index contributed by atoms with van der Waals surface area (Å²) in [5, 5.41) is 1.15. The Morgan fingerprint density at radius 3 is 2.32 bits per heavy atom. The molecule has 1 nitrogen and oxygen atoms in total. The van der Waals surface area contributed by atoms with Gasteiger partial charge in [0.25, 0.3) is 0 Å². The lowest BCUT2D eigenvalue weighted by molar-refractivity contribution is 0.627. The van der Waals surface area contributed by atoms with Gasteiger partial charge in [-0.05, 0) is 48.2 Å². The van der Waals surface area contributed by atoms with Crippen LogP contribution >= 0.6 is 0 Å². The number of nitrogens with zero attached hydrogens (tertiary/aromatic N) is 1. The lowest BCUT2D eigenvalue weighted by Crippen LogP contribution is -1.96. The normalized spacial score (nSPS) is 10.9. The van der Waals surface area contributed by atoms with Crippen LogP contribution in [0.25, 0.3) is 22.2 Å². The monoisotopic (exact) mass is 327 g/mol. The van der Waals surface area contributed by atoms with Gasteiger partial charge in [-0.15, -0.1) is 0 Å². The zero-order valence-corrected chi connectivity index (χ0v) is 13.8. The van der Waals surface area contributed by atoms with Crippen molar-refractivity contribution in [3.8, 4) is 11.3 Å². The van der Waals surface area contributed by atoms with Crippen LogP contribution < -0.4 is 0 Å². The van der Waals surface area contributed by atoms with Gasteiger partial charge in [0, 0.05) is 10.9 Å². The Labute approximate surface area is 146 Å². The predicted molar refractivity (Wildman–Crippen MR) is 101 cm³/mol. The van der Waals surface area contributed by atoms with Gasteiger partial charge < -0.3 is 0 Å². The van der Waals surface area contributed by atoms with E-state index in [2.05, 4.69) is 36.4 Å². The number of aryl methyl sites for hydroxylation is 2. The highest BCUT2D eigenvalue weighted by Gasteiger charge is 2.07. The molecule has 0 radical (unpaired) electrons. The second-order valence-electron chi connectivity index (χ2n) is 6.17. The van der Waals surface area contributed by atoms with Gasteiger partial charge in [0.05, 0.1) is 11.2 Å². The van der Waals surface area contributed by atoms with E-state index in [4.69, 9.17) is 4.98 Å². The van der Waals surface area contributed by atoms with Gasteiger partial charge in [-0.25, -0.2) is 9.37 Å². The Balaban J connectivity index is 1.64. The number of aromatic nitrogens is 1. The minimum atomic E-state index is -0.190. The van der Waals surface area contributed by atoms with Crippen LogP contribution in [0, 0.1) is 5.82 Å². The molecule has 0 aliphatic heterocycles. The van der Waals surface area contributed by atoms with Gasteiger partial charge in [-0.1, -0.05) is 60.7 Å². The Morgan fingerprint density at radius 2 is 1.44 bits per heavy atom. The fourth-order valence-corrected chi connectivity index (χ4v) is 3.13. The van der Waals surface area contributed by atoms with E-state index in [0.29, 0.717) is 0 Å². The van der Waals surface area contributed by atoms with E-state index < -0.39 is 0 Å². The zero-order valence-electron chi connectivity index (χ0n) is 13.8. The number of benzene rings is 3. The number of rotatable bonds is 4. The highest BCUT2D eigenvalue weighted by atomic mass is 19.1. The molecular weight excluding hydrogens is 309 g/mol. The van der Waals surface area contributed by atoms with Crippen LogP contribution in [0.2, 0.25) is 0 Å². The van der Waals surface area contributed by atoms with E-state index >= 15 is 0 Å². The van der Waals surface area contributed by atoms with Crippen LogP contribution in [0.3, 0.4) is 0 Å². The molecule has 25 heavy (non-hydrogen) atoms. The Kier molecular flexibility index (Phi) is 4.26. The summed E-state index contributed by atoms with van der Waals surface area (Å²) in [4.78, 5) is 4.82. The largest absolute Gasteiger partial charge is 0.248 e. The highest BCUT2D eigenvalue weighted by Crippen LogP contribution is 2.25. The molecule has 4 rings (SSSR count). The van der Waals surface area contributed by atoms with Gasteiger partial charge in [0.2, 0.25) is 0 Å². The summed E-state index contributed by atoms with van der Waals surface area (Å²) in [5.74, 6) is -0.190. The average molecular weight is 327 g/mol. The van der Waals surface area contributed by atoms with Crippen molar-refractivity contribution in [2.24, 2.45) is 0 Å². The highest BCUT2D eigenvalue weighted by molar-refractivity contribution is 5.81. The number of pyridine rings is 1. The molecule has 0 saturated heterocycles. The summed E-state index contributed by atoms with van der Waals surface area (Å²) >= 11 is 0. The smallest absolute Gasteiger partial charge is 0.123 e. The standard InChI is InChI=1S/C23H18FN/c24-20-14-10-17(11-15-20)9-12-18-5-1-3-7-21(18)23-16-13-19-6-2-4-8-22(19)25-23/h1-8,10-11,13-16H,9,12H2. The molecule has 0 atom stereocenters. The molecule has 0 aliphatic rings. The summed E-state index contributed by atoms with van der Waals surface area (Å²) in [7, 11) is 0. The van der Waals surface area contributed by atoms with Crippen molar-refractivity contribution >= 4 is 10.9 Å². The lowest BCUT2D eigenvalue weighted by Gasteiger charge is -2.10. The third kappa shape index (κ3) is 3.43. The van der Waals surface area contributed by atoms with Gasteiger partial charge >= 0.3 is 0 Å². The molecule has 2 heteroatoms. The summed E-state index contributed by atoms with van der Waals surface area (Å²) in [5.41, 5.74) is 5.56. The third-order valence-corrected chi connectivity index (χ3v) is 4.49. The van der Waals surface area contributed by atoms with E-state index in [1.165, 1.54) is 17.7 Å². The van der Waals surface area contributed by atoms with Crippen molar-refractivity contribution in [2.75, 3.05) is 0 Å². The molecule has 0 saturated carbocycles. The van der Waals surface area contributed by atoms with Crippen molar-refractivity contribution in [1.82, 2.24) is 4.98 Å². The van der Waals surface area contributed by atoms with Crippen molar-refractivity contribution in [2.45, 2.75) is 12.8 Å². The molecule has 0 amide bonds. The van der Waals surface area contributed by atoms with Crippen LogP contribution in [-0.2, 0) is 12.8 Å². The van der Waals surface area contributed by atoms with Gasteiger partial charge in [-0.3, -0.25) is 0 Å². The molecule has 0 aliphatic carbocycles. The minimum Gasteiger partial charge on any atom is -0.248 e.